The van der Waals surface area contributed by atoms with Gasteiger partial charge in [0.25, 0.3) is 5.91 Å². The number of hydrogen-bond acceptors (Lipinski definition) is 5. The summed E-state index contributed by atoms with van der Waals surface area (Å²) in [7, 11) is 0. The SMILES string of the molecule is Cc1nn(-c2cccc(C(F)(F)F)c2)c(Cl)c1/C=N/NC(=O)C(C)Oc1ccc(C#N)cc1. The number of alkyl halides is 3. The molecule has 1 unspecified atom stereocenters. The Balaban J connectivity index is 1.70. The van der Waals surface area contributed by atoms with E-state index in [2.05, 4.69) is 15.6 Å². The van der Waals surface area contributed by atoms with Crippen LogP contribution in [0, 0.1) is 18.3 Å². The Hall–Kier alpha value is -3.84. The van der Waals surface area contributed by atoms with Crippen LogP contribution >= 0.6 is 11.6 Å². The average Bonchev–Trinajstić information content (AvgIpc) is 3.07. The summed E-state index contributed by atoms with van der Waals surface area (Å²) in [5.41, 5.74) is 2.80. The fourth-order valence-corrected chi connectivity index (χ4v) is 3.08. The molecule has 3 rings (SSSR count). The lowest BCUT2D eigenvalue weighted by atomic mass is 10.2. The monoisotopic (exact) mass is 475 g/mol. The van der Waals surface area contributed by atoms with Gasteiger partial charge in [0.1, 0.15) is 10.9 Å². The molecule has 170 valence electrons. The normalized spacial score (nSPS) is 12.4. The molecule has 0 bridgehead atoms. The molecule has 1 aromatic heterocycles. The maximum Gasteiger partial charge on any atom is 0.416 e. The number of ether oxygens (including phenoxy) is 1. The second-order valence-corrected chi connectivity index (χ2v) is 7.24. The molecule has 0 spiro atoms. The summed E-state index contributed by atoms with van der Waals surface area (Å²) in [6.45, 7) is 3.13. The molecule has 0 fully saturated rings. The molecule has 2 aromatic carbocycles. The minimum atomic E-state index is -4.50. The molecule has 3 aromatic rings. The van der Waals surface area contributed by atoms with Gasteiger partial charge in [-0.05, 0) is 56.3 Å². The predicted octanol–water partition coefficient (Wildman–Crippen LogP) is 4.64. The number of aryl methyl sites for hydroxylation is 1. The third kappa shape index (κ3) is 5.70. The quantitative estimate of drug-likeness (QED) is 0.415. The second-order valence-electron chi connectivity index (χ2n) is 6.88. The van der Waals surface area contributed by atoms with E-state index >= 15 is 0 Å². The highest BCUT2D eigenvalue weighted by atomic mass is 35.5. The first-order valence-corrected chi connectivity index (χ1v) is 9.90. The molecule has 0 radical (unpaired) electrons. The van der Waals surface area contributed by atoms with Gasteiger partial charge in [-0.3, -0.25) is 4.79 Å². The number of carbonyl (C=O) groups is 1. The lowest BCUT2D eigenvalue weighted by Gasteiger charge is -2.12. The minimum Gasteiger partial charge on any atom is -0.481 e. The number of hydrogen-bond donors (Lipinski definition) is 1. The third-order valence-corrected chi connectivity index (χ3v) is 4.86. The largest absolute Gasteiger partial charge is 0.481 e. The number of benzene rings is 2. The molecular formula is C22H17ClF3N5O2. The first-order chi connectivity index (χ1) is 15.6. The Morgan fingerprint density at radius 3 is 2.64 bits per heavy atom. The number of nitriles is 1. The van der Waals surface area contributed by atoms with Crippen LogP contribution in [-0.4, -0.2) is 28.0 Å². The number of hydrazone groups is 1. The van der Waals surface area contributed by atoms with Crippen LogP contribution in [0.1, 0.15) is 29.3 Å². The van der Waals surface area contributed by atoms with E-state index in [1.165, 1.54) is 25.3 Å². The van der Waals surface area contributed by atoms with Crippen molar-refractivity contribution in [3.63, 3.8) is 0 Å². The minimum absolute atomic E-state index is 0.0340. The fourth-order valence-electron chi connectivity index (χ4n) is 2.76. The zero-order chi connectivity index (χ0) is 24.2. The topological polar surface area (TPSA) is 92.3 Å². The van der Waals surface area contributed by atoms with Gasteiger partial charge in [-0.1, -0.05) is 17.7 Å². The van der Waals surface area contributed by atoms with Crippen LogP contribution in [-0.2, 0) is 11.0 Å². The number of rotatable bonds is 6. The molecule has 1 amide bonds. The Morgan fingerprint density at radius 1 is 1.30 bits per heavy atom. The number of halogens is 4. The highest BCUT2D eigenvalue weighted by Crippen LogP contribution is 2.31. The van der Waals surface area contributed by atoms with Gasteiger partial charge >= 0.3 is 6.18 Å². The Morgan fingerprint density at radius 2 is 2.00 bits per heavy atom. The van der Waals surface area contributed by atoms with Crippen LogP contribution in [0.2, 0.25) is 5.15 Å². The summed E-state index contributed by atoms with van der Waals surface area (Å²) in [4.78, 5) is 12.2. The number of carbonyl (C=O) groups excluding carboxylic acids is 1. The van der Waals surface area contributed by atoms with Crippen molar-refractivity contribution in [3.05, 3.63) is 76.1 Å². The van der Waals surface area contributed by atoms with Gasteiger partial charge in [0.2, 0.25) is 0 Å². The summed E-state index contributed by atoms with van der Waals surface area (Å²) in [5, 5.41) is 16.9. The molecule has 11 heteroatoms. The Labute approximate surface area is 192 Å². The molecule has 0 saturated carbocycles. The highest BCUT2D eigenvalue weighted by Gasteiger charge is 2.30. The number of amides is 1. The van der Waals surface area contributed by atoms with Crippen LogP contribution in [0.4, 0.5) is 13.2 Å². The fraction of sp³-hybridized carbons (Fsp3) is 0.182. The van der Waals surface area contributed by atoms with Gasteiger partial charge in [0, 0.05) is 0 Å². The van der Waals surface area contributed by atoms with Gasteiger partial charge in [-0.15, -0.1) is 0 Å². The summed E-state index contributed by atoms with van der Waals surface area (Å²) in [6, 6.07) is 12.8. The van der Waals surface area contributed by atoms with Crippen molar-refractivity contribution >= 4 is 23.7 Å². The van der Waals surface area contributed by atoms with E-state index in [9.17, 15) is 18.0 Å². The standard InChI is InChI=1S/C22H17ClF3N5O2/c1-13-19(20(23)31(30-13)17-5-3-4-16(10-17)22(24,25)26)12-28-29-21(32)14(2)33-18-8-6-15(11-27)7-9-18/h3-10,12,14H,1-2H3,(H,29,32)/b28-12+. The molecule has 0 saturated heterocycles. The lowest BCUT2D eigenvalue weighted by Crippen LogP contribution is -2.33. The van der Waals surface area contributed by atoms with Crippen LogP contribution < -0.4 is 10.2 Å². The van der Waals surface area contributed by atoms with Gasteiger partial charge in [-0.25, -0.2) is 10.1 Å². The maximum atomic E-state index is 13.0. The third-order valence-electron chi connectivity index (χ3n) is 4.50. The van der Waals surface area contributed by atoms with E-state index in [1.807, 2.05) is 6.07 Å². The highest BCUT2D eigenvalue weighted by molar-refractivity contribution is 6.32. The van der Waals surface area contributed by atoms with Gasteiger partial charge in [0.05, 0.1) is 40.4 Å². The molecule has 0 aliphatic heterocycles. The van der Waals surface area contributed by atoms with Crippen LogP contribution in [0.15, 0.2) is 53.6 Å². The molecule has 33 heavy (non-hydrogen) atoms. The van der Waals surface area contributed by atoms with Crippen LogP contribution in [0.25, 0.3) is 5.69 Å². The zero-order valence-electron chi connectivity index (χ0n) is 17.4. The van der Waals surface area contributed by atoms with Crippen molar-refractivity contribution in [1.29, 1.82) is 5.26 Å². The number of nitrogens with one attached hydrogen (secondary N) is 1. The van der Waals surface area contributed by atoms with E-state index in [-0.39, 0.29) is 10.8 Å². The molecule has 0 aliphatic rings. The summed E-state index contributed by atoms with van der Waals surface area (Å²) >= 11 is 6.31. The van der Waals surface area contributed by atoms with E-state index in [0.29, 0.717) is 22.6 Å². The van der Waals surface area contributed by atoms with Crippen molar-refractivity contribution in [2.24, 2.45) is 5.10 Å². The van der Waals surface area contributed by atoms with Crippen molar-refractivity contribution < 1.29 is 22.7 Å². The molecule has 1 N–H and O–H groups in total. The predicted molar refractivity (Wildman–Crippen MR) is 115 cm³/mol. The summed E-state index contributed by atoms with van der Waals surface area (Å²) in [5.74, 6) is -0.142. The first kappa shape index (κ1) is 23.8. The smallest absolute Gasteiger partial charge is 0.416 e. The molecule has 0 aliphatic carbocycles. The number of nitrogens with zero attached hydrogens (tertiary/aromatic N) is 4. The maximum absolute atomic E-state index is 13.0. The number of aromatic nitrogens is 2. The van der Waals surface area contributed by atoms with Crippen molar-refractivity contribution in [2.45, 2.75) is 26.1 Å². The van der Waals surface area contributed by atoms with Crippen LogP contribution in [0.5, 0.6) is 5.75 Å². The molecular weight excluding hydrogens is 459 g/mol. The van der Waals surface area contributed by atoms with Crippen LogP contribution in [0.3, 0.4) is 0 Å². The Kier molecular flexibility index (Phi) is 7.04. The Bertz CT molecular complexity index is 1230. The van der Waals surface area contributed by atoms with Gasteiger partial charge < -0.3 is 4.74 Å². The zero-order valence-corrected chi connectivity index (χ0v) is 18.1. The van der Waals surface area contributed by atoms with E-state index in [4.69, 9.17) is 21.6 Å². The summed E-state index contributed by atoms with van der Waals surface area (Å²) < 4.78 is 45.7. The van der Waals surface area contributed by atoms with Gasteiger partial charge in [-0.2, -0.15) is 28.6 Å². The van der Waals surface area contributed by atoms with E-state index in [0.717, 1.165) is 16.8 Å². The van der Waals surface area contributed by atoms with Crippen molar-refractivity contribution in [3.8, 4) is 17.5 Å². The second kappa shape index (κ2) is 9.75. The van der Waals surface area contributed by atoms with Crippen molar-refractivity contribution in [1.82, 2.24) is 15.2 Å². The molecule has 7 nitrogen and oxygen atoms in total. The van der Waals surface area contributed by atoms with E-state index in [1.54, 1.807) is 31.2 Å². The van der Waals surface area contributed by atoms with Gasteiger partial charge in [0.15, 0.2) is 6.10 Å². The average molecular weight is 476 g/mol. The summed E-state index contributed by atoms with van der Waals surface area (Å²) in [6.07, 6.45) is -4.14. The van der Waals surface area contributed by atoms with E-state index < -0.39 is 23.8 Å². The van der Waals surface area contributed by atoms with Crippen molar-refractivity contribution in [2.75, 3.05) is 0 Å². The molecule has 1 heterocycles. The lowest BCUT2D eigenvalue weighted by molar-refractivity contribution is -0.137. The first-order valence-electron chi connectivity index (χ1n) is 9.52. The molecule has 1 atom stereocenters.